The molecule has 0 aliphatic heterocycles. The van der Waals surface area contributed by atoms with Crippen molar-refractivity contribution in [2.45, 2.75) is 25.8 Å². The summed E-state index contributed by atoms with van der Waals surface area (Å²) < 4.78 is 1.60. The number of halogens is 1. The van der Waals surface area contributed by atoms with Crippen LogP contribution in [-0.4, -0.2) is 20.9 Å². The quantitative estimate of drug-likeness (QED) is 0.839. The molecule has 1 saturated carbocycles. The Morgan fingerprint density at radius 3 is 2.86 bits per heavy atom. The van der Waals surface area contributed by atoms with Crippen LogP contribution in [0.5, 0.6) is 0 Å². The summed E-state index contributed by atoms with van der Waals surface area (Å²) in [5.41, 5.74) is 0.0826. The molecule has 1 heterocycles. The number of carbonyl (C=O) groups is 1. The predicted molar refractivity (Wildman–Crippen MR) is 51.6 cm³/mol. The average Bonchev–Trinajstić information content (AvgIpc) is 2.88. The van der Waals surface area contributed by atoms with Crippen molar-refractivity contribution in [1.82, 2.24) is 9.78 Å². The van der Waals surface area contributed by atoms with Gasteiger partial charge in [-0.2, -0.15) is 5.10 Å². The monoisotopic (exact) mass is 214 g/mol. The first-order chi connectivity index (χ1) is 6.61. The van der Waals surface area contributed by atoms with Crippen LogP contribution in [0.25, 0.3) is 0 Å². The Labute approximate surface area is 86.5 Å². The lowest BCUT2D eigenvalue weighted by Crippen LogP contribution is -2.09. The second-order valence-corrected chi connectivity index (χ2v) is 4.03. The van der Waals surface area contributed by atoms with E-state index in [-0.39, 0.29) is 16.8 Å². The zero-order valence-corrected chi connectivity index (χ0v) is 8.53. The molecular formula is C9H11ClN2O2. The highest BCUT2D eigenvalue weighted by Gasteiger charge is 2.31. The Morgan fingerprint density at radius 2 is 2.43 bits per heavy atom. The van der Waals surface area contributed by atoms with E-state index in [1.165, 1.54) is 19.0 Å². The molecule has 0 spiro atoms. The van der Waals surface area contributed by atoms with Gasteiger partial charge in [0.2, 0.25) is 0 Å². The van der Waals surface area contributed by atoms with E-state index in [9.17, 15) is 4.79 Å². The Kier molecular flexibility index (Phi) is 2.23. The summed E-state index contributed by atoms with van der Waals surface area (Å²) in [5, 5.41) is 13.0. The van der Waals surface area contributed by atoms with Crippen molar-refractivity contribution in [3.8, 4) is 0 Å². The Hall–Kier alpha value is -1.03. The van der Waals surface area contributed by atoms with Gasteiger partial charge in [-0.05, 0) is 25.7 Å². The number of hydrogen-bond acceptors (Lipinski definition) is 2. The maximum atomic E-state index is 10.7. The molecule has 0 saturated heterocycles. The first kappa shape index (κ1) is 9.52. The zero-order valence-electron chi connectivity index (χ0n) is 7.77. The first-order valence-electron chi connectivity index (χ1n) is 4.57. The van der Waals surface area contributed by atoms with Crippen LogP contribution in [0.4, 0.5) is 0 Å². The molecule has 1 aliphatic rings. The van der Waals surface area contributed by atoms with Crippen molar-refractivity contribution >= 4 is 17.6 Å². The van der Waals surface area contributed by atoms with Gasteiger partial charge in [-0.1, -0.05) is 11.6 Å². The van der Waals surface area contributed by atoms with Gasteiger partial charge in [0.25, 0.3) is 0 Å². The maximum absolute atomic E-state index is 10.7. The van der Waals surface area contributed by atoms with E-state index in [0.29, 0.717) is 5.92 Å². The minimum absolute atomic E-state index is 0.0826. The molecular weight excluding hydrogens is 204 g/mol. The number of nitrogens with zero attached hydrogens (tertiary/aromatic N) is 2. The number of carboxylic acids is 1. The SMILES string of the molecule is CC(C1CC1)n1ncc(C(=O)O)c1Cl. The lowest BCUT2D eigenvalue weighted by molar-refractivity contribution is 0.0697. The zero-order chi connectivity index (χ0) is 10.3. The number of carboxylic acid groups (broad SMARTS) is 1. The molecule has 0 bridgehead atoms. The van der Waals surface area contributed by atoms with E-state index < -0.39 is 5.97 Å². The molecule has 1 aromatic heterocycles. The van der Waals surface area contributed by atoms with Gasteiger partial charge in [0, 0.05) is 0 Å². The summed E-state index contributed by atoms with van der Waals surface area (Å²) >= 11 is 5.91. The van der Waals surface area contributed by atoms with Gasteiger partial charge < -0.3 is 5.11 Å². The minimum Gasteiger partial charge on any atom is -0.478 e. The lowest BCUT2D eigenvalue weighted by Gasteiger charge is -2.11. The van der Waals surface area contributed by atoms with Gasteiger partial charge in [0.05, 0.1) is 12.2 Å². The molecule has 1 aromatic rings. The standard InChI is InChI=1S/C9H11ClN2O2/c1-5(6-2-3-6)12-8(10)7(4-11-12)9(13)14/h4-6H,2-3H2,1H3,(H,13,14). The smallest absolute Gasteiger partial charge is 0.340 e. The topological polar surface area (TPSA) is 55.1 Å². The molecule has 4 nitrogen and oxygen atoms in total. The highest BCUT2D eigenvalue weighted by molar-refractivity contribution is 6.32. The summed E-state index contributed by atoms with van der Waals surface area (Å²) in [6.45, 7) is 2.02. The molecule has 0 radical (unpaired) electrons. The van der Waals surface area contributed by atoms with Crippen LogP contribution >= 0.6 is 11.6 Å². The largest absolute Gasteiger partial charge is 0.478 e. The van der Waals surface area contributed by atoms with Crippen LogP contribution in [0, 0.1) is 5.92 Å². The van der Waals surface area contributed by atoms with E-state index >= 15 is 0 Å². The van der Waals surface area contributed by atoms with Crippen molar-refractivity contribution in [3.05, 3.63) is 16.9 Å². The van der Waals surface area contributed by atoms with Gasteiger partial charge in [-0.25, -0.2) is 4.79 Å². The third-order valence-corrected chi connectivity index (χ3v) is 3.03. The Balaban J connectivity index is 2.30. The van der Waals surface area contributed by atoms with E-state index in [0.717, 1.165) is 0 Å². The van der Waals surface area contributed by atoms with Gasteiger partial charge in [0.15, 0.2) is 0 Å². The Bertz CT molecular complexity index is 371. The van der Waals surface area contributed by atoms with Crippen LogP contribution in [0.3, 0.4) is 0 Å². The van der Waals surface area contributed by atoms with Crippen LogP contribution in [-0.2, 0) is 0 Å². The molecule has 76 valence electrons. The molecule has 0 amide bonds. The summed E-state index contributed by atoms with van der Waals surface area (Å²) in [4.78, 5) is 10.7. The summed E-state index contributed by atoms with van der Waals surface area (Å²) in [5.74, 6) is -0.418. The van der Waals surface area contributed by atoms with E-state index in [1.54, 1.807) is 4.68 Å². The van der Waals surface area contributed by atoms with Crippen LogP contribution in [0.2, 0.25) is 5.15 Å². The fourth-order valence-corrected chi connectivity index (χ4v) is 1.88. The summed E-state index contributed by atoms with van der Waals surface area (Å²) in [6, 6.07) is 0.204. The molecule has 2 rings (SSSR count). The molecule has 0 aromatic carbocycles. The summed E-state index contributed by atoms with van der Waals surface area (Å²) in [6.07, 6.45) is 3.67. The predicted octanol–water partition coefficient (Wildman–Crippen LogP) is 2.21. The van der Waals surface area contributed by atoms with Crippen molar-refractivity contribution in [1.29, 1.82) is 0 Å². The fourth-order valence-electron chi connectivity index (χ4n) is 1.55. The van der Waals surface area contributed by atoms with Crippen LogP contribution < -0.4 is 0 Å². The van der Waals surface area contributed by atoms with Gasteiger partial charge in [0.1, 0.15) is 10.7 Å². The fraction of sp³-hybridized carbons (Fsp3) is 0.556. The average molecular weight is 215 g/mol. The molecule has 1 atom stereocenters. The number of rotatable bonds is 3. The second kappa shape index (κ2) is 3.28. The Morgan fingerprint density at radius 1 is 1.79 bits per heavy atom. The number of aromatic carboxylic acids is 1. The normalized spacial score (nSPS) is 18.1. The third-order valence-electron chi connectivity index (χ3n) is 2.66. The van der Waals surface area contributed by atoms with Crippen molar-refractivity contribution in [2.24, 2.45) is 5.92 Å². The number of aromatic nitrogens is 2. The molecule has 1 N–H and O–H groups in total. The van der Waals surface area contributed by atoms with Gasteiger partial charge in [-0.15, -0.1) is 0 Å². The van der Waals surface area contributed by atoms with E-state index in [1.807, 2.05) is 6.92 Å². The van der Waals surface area contributed by atoms with Crippen LogP contribution in [0.1, 0.15) is 36.2 Å². The van der Waals surface area contributed by atoms with E-state index in [4.69, 9.17) is 16.7 Å². The van der Waals surface area contributed by atoms with Crippen molar-refractivity contribution < 1.29 is 9.90 Å². The number of hydrogen-bond donors (Lipinski definition) is 1. The van der Waals surface area contributed by atoms with Gasteiger partial charge >= 0.3 is 5.97 Å². The molecule has 1 unspecified atom stereocenters. The highest BCUT2D eigenvalue weighted by atomic mass is 35.5. The maximum Gasteiger partial charge on any atom is 0.340 e. The summed E-state index contributed by atoms with van der Waals surface area (Å²) in [7, 11) is 0. The van der Waals surface area contributed by atoms with Crippen LogP contribution in [0.15, 0.2) is 6.20 Å². The molecule has 1 aliphatic carbocycles. The highest BCUT2D eigenvalue weighted by Crippen LogP contribution is 2.40. The second-order valence-electron chi connectivity index (χ2n) is 3.68. The molecule has 14 heavy (non-hydrogen) atoms. The first-order valence-corrected chi connectivity index (χ1v) is 4.95. The lowest BCUT2D eigenvalue weighted by atomic mass is 10.2. The molecule has 1 fully saturated rings. The minimum atomic E-state index is -1.02. The third kappa shape index (κ3) is 1.50. The van der Waals surface area contributed by atoms with E-state index in [2.05, 4.69) is 5.10 Å². The molecule has 5 heteroatoms. The van der Waals surface area contributed by atoms with Crippen molar-refractivity contribution in [2.75, 3.05) is 0 Å². The van der Waals surface area contributed by atoms with Crippen molar-refractivity contribution in [3.63, 3.8) is 0 Å². The van der Waals surface area contributed by atoms with Gasteiger partial charge in [-0.3, -0.25) is 4.68 Å².